The van der Waals surface area contributed by atoms with Gasteiger partial charge in [0, 0.05) is 6.54 Å². The molecule has 2 saturated heterocycles. The van der Waals surface area contributed by atoms with Gasteiger partial charge < -0.3 is 33.7 Å². The molecule has 1 N–H and O–H groups in total. The number of carbonyl (C=O) groups is 2. The van der Waals surface area contributed by atoms with Crippen LogP contribution in [0.25, 0.3) is 0 Å². The van der Waals surface area contributed by atoms with Crippen LogP contribution in [0.2, 0.25) is 0 Å². The van der Waals surface area contributed by atoms with Crippen LogP contribution in [-0.2, 0) is 33.2 Å². The Morgan fingerprint density at radius 3 is 2.50 bits per heavy atom. The van der Waals surface area contributed by atoms with Crippen molar-refractivity contribution in [1.29, 1.82) is 0 Å². The Bertz CT molecular complexity index is 446. The number of fused-ring (bicyclic) bond motifs is 1. The maximum atomic E-state index is 11.8. The van der Waals surface area contributed by atoms with Gasteiger partial charge in [0.05, 0.1) is 7.11 Å². The molecule has 9 heteroatoms. The van der Waals surface area contributed by atoms with Crippen molar-refractivity contribution in [1.82, 2.24) is 5.32 Å². The van der Waals surface area contributed by atoms with Gasteiger partial charge in [0.15, 0.2) is 6.10 Å². The van der Waals surface area contributed by atoms with Crippen molar-refractivity contribution < 1.29 is 38.0 Å². The quantitative estimate of drug-likeness (QED) is 0.476. The number of rotatable bonds is 9. The molecule has 9 nitrogen and oxygen atoms in total. The van der Waals surface area contributed by atoms with Crippen LogP contribution in [0.15, 0.2) is 0 Å². The molecule has 0 aliphatic carbocycles. The topological polar surface area (TPSA) is 102 Å². The molecule has 2 aliphatic heterocycles. The van der Waals surface area contributed by atoms with Gasteiger partial charge in [-0.1, -0.05) is 32.6 Å². The molecule has 26 heavy (non-hydrogen) atoms. The number of carbonyl (C=O) groups excluding carboxylic acids is 2. The third-order valence-electron chi connectivity index (χ3n) is 4.40. The van der Waals surface area contributed by atoms with Crippen LogP contribution in [-0.4, -0.2) is 70.3 Å². The average molecular weight is 375 g/mol. The maximum Gasteiger partial charge on any atom is 0.407 e. The van der Waals surface area contributed by atoms with E-state index in [1.807, 2.05) is 0 Å². The normalized spacial score (nSPS) is 28.1. The molecule has 0 unspecified atom stereocenters. The van der Waals surface area contributed by atoms with E-state index >= 15 is 0 Å². The van der Waals surface area contributed by atoms with E-state index in [4.69, 9.17) is 28.4 Å². The molecule has 0 saturated carbocycles. The van der Waals surface area contributed by atoms with Crippen molar-refractivity contribution in [3.63, 3.8) is 0 Å². The zero-order chi connectivity index (χ0) is 18.8. The number of hydrogen-bond donors (Lipinski definition) is 1. The van der Waals surface area contributed by atoms with E-state index in [9.17, 15) is 9.59 Å². The molecule has 0 radical (unpaired) electrons. The number of unbranched alkanes of at least 4 members (excludes halogenated alkanes) is 4. The van der Waals surface area contributed by atoms with Crippen LogP contribution in [0, 0.1) is 0 Å². The van der Waals surface area contributed by atoms with Gasteiger partial charge in [0.25, 0.3) is 0 Å². The first kappa shape index (κ1) is 20.9. The van der Waals surface area contributed by atoms with Crippen LogP contribution >= 0.6 is 0 Å². The average Bonchev–Trinajstić information content (AvgIpc) is 2.67. The van der Waals surface area contributed by atoms with Crippen molar-refractivity contribution in [2.75, 3.05) is 33.8 Å². The van der Waals surface area contributed by atoms with E-state index < -0.39 is 36.5 Å². The van der Waals surface area contributed by atoms with Crippen LogP contribution in [0.4, 0.5) is 4.79 Å². The van der Waals surface area contributed by atoms with Gasteiger partial charge >= 0.3 is 12.1 Å². The first-order valence-corrected chi connectivity index (χ1v) is 9.12. The van der Waals surface area contributed by atoms with Crippen molar-refractivity contribution in [2.24, 2.45) is 0 Å². The van der Waals surface area contributed by atoms with Crippen LogP contribution in [0.5, 0.6) is 0 Å². The number of amides is 1. The SMILES string of the molecule is CCCCCCCNC(=O)OC[C@H]1OCO[C@H]2[C@@H]1OCO[C@H]2C(=O)OC. The van der Waals surface area contributed by atoms with Crippen molar-refractivity contribution >= 4 is 12.1 Å². The number of ether oxygens (including phenoxy) is 6. The Labute approximate surface area is 153 Å². The lowest BCUT2D eigenvalue weighted by Crippen LogP contribution is -2.60. The predicted octanol–water partition coefficient (Wildman–Crippen LogP) is 1.34. The molecule has 2 aliphatic rings. The van der Waals surface area contributed by atoms with Gasteiger partial charge in [0.1, 0.15) is 38.5 Å². The molecule has 2 rings (SSSR count). The van der Waals surface area contributed by atoms with Gasteiger partial charge in [-0.05, 0) is 6.42 Å². The van der Waals surface area contributed by atoms with Gasteiger partial charge in [-0.25, -0.2) is 9.59 Å². The lowest BCUT2D eigenvalue weighted by molar-refractivity contribution is -0.322. The standard InChI is InChI=1S/C17H29NO8/c1-3-4-5-6-7-8-18-17(20)22-9-12-13-14(25-10-23-12)15(16(19)21-2)26-11-24-13/h12-15H,3-11H2,1-2H3,(H,18,20)/t12-,13-,14+,15-/m1/s1. The molecular formula is C17H29NO8. The Morgan fingerprint density at radius 1 is 1.00 bits per heavy atom. The van der Waals surface area contributed by atoms with Crippen molar-refractivity contribution in [3.05, 3.63) is 0 Å². The zero-order valence-electron chi connectivity index (χ0n) is 15.4. The molecule has 2 fully saturated rings. The van der Waals surface area contributed by atoms with E-state index in [1.165, 1.54) is 26.4 Å². The Kier molecular flexibility index (Phi) is 9.10. The van der Waals surface area contributed by atoms with E-state index in [1.54, 1.807) is 0 Å². The highest BCUT2D eigenvalue weighted by molar-refractivity contribution is 5.75. The van der Waals surface area contributed by atoms with Gasteiger partial charge in [-0.2, -0.15) is 0 Å². The summed E-state index contributed by atoms with van der Waals surface area (Å²) in [5.74, 6) is -0.536. The van der Waals surface area contributed by atoms with E-state index in [2.05, 4.69) is 12.2 Å². The summed E-state index contributed by atoms with van der Waals surface area (Å²) < 4.78 is 31.6. The molecule has 0 aromatic heterocycles. The predicted molar refractivity (Wildman–Crippen MR) is 89.4 cm³/mol. The molecule has 2 heterocycles. The fourth-order valence-corrected chi connectivity index (χ4v) is 2.94. The smallest absolute Gasteiger partial charge is 0.407 e. The summed E-state index contributed by atoms with van der Waals surface area (Å²) in [6, 6.07) is 0. The third kappa shape index (κ3) is 6.08. The number of alkyl carbamates (subject to hydrolysis) is 1. The molecule has 0 aromatic carbocycles. The first-order chi connectivity index (χ1) is 12.7. The molecule has 0 spiro atoms. The number of methoxy groups -OCH3 is 1. The highest BCUT2D eigenvalue weighted by atomic mass is 16.8. The summed E-state index contributed by atoms with van der Waals surface area (Å²) >= 11 is 0. The second-order valence-corrected chi connectivity index (χ2v) is 6.25. The monoisotopic (exact) mass is 375 g/mol. The van der Waals surface area contributed by atoms with Gasteiger partial charge in [-0.3, -0.25) is 0 Å². The summed E-state index contributed by atoms with van der Waals surface area (Å²) in [5.41, 5.74) is 0. The molecule has 1 amide bonds. The molecular weight excluding hydrogens is 346 g/mol. The fourth-order valence-electron chi connectivity index (χ4n) is 2.94. The Balaban J connectivity index is 1.71. The first-order valence-electron chi connectivity index (χ1n) is 9.12. The van der Waals surface area contributed by atoms with E-state index in [-0.39, 0.29) is 20.2 Å². The van der Waals surface area contributed by atoms with Gasteiger partial charge in [0.2, 0.25) is 0 Å². The number of esters is 1. The minimum Gasteiger partial charge on any atom is -0.467 e. The zero-order valence-corrected chi connectivity index (χ0v) is 15.4. The van der Waals surface area contributed by atoms with Gasteiger partial charge in [-0.15, -0.1) is 0 Å². The Morgan fingerprint density at radius 2 is 1.73 bits per heavy atom. The highest BCUT2D eigenvalue weighted by Crippen LogP contribution is 2.26. The summed E-state index contributed by atoms with van der Waals surface area (Å²) in [7, 11) is 1.28. The maximum absolute atomic E-state index is 11.8. The minimum absolute atomic E-state index is 0.0000866. The van der Waals surface area contributed by atoms with Crippen molar-refractivity contribution in [3.8, 4) is 0 Å². The highest BCUT2D eigenvalue weighted by Gasteiger charge is 2.48. The number of hydrogen-bond acceptors (Lipinski definition) is 8. The lowest BCUT2D eigenvalue weighted by Gasteiger charge is -2.42. The number of nitrogens with one attached hydrogen (secondary N) is 1. The second kappa shape index (κ2) is 11.3. The summed E-state index contributed by atoms with van der Waals surface area (Å²) in [5, 5.41) is 2.72. The van der Waals surface area contributed by atoms with Crippen LogP contribution in [0.1, 0.15) is 39.0 Å². The van der Waals surface area contributed by atoms with E-state index in [0.29, 0.717) is 6.54 Å². The molecule has 4 atom stereocenters. The van der Waals surface area contributed by atoms with E-state index in [0.717, 1.165) is 12.8 Å². The fraction of sp³-hybridized carbons (Fsp3) is 0.882. The summed E-state index contributed by atoms with van der Waals surface area (Å²) in [6.07, 6.45) is 2.41. The lowest BCUT2D eigenvalue weighted by atomic mass is 10.0. The summed E-state index contributed by atoms with van der Waals surface area (Å²) in [6.45, 7) is 2.61. The summed E-state index contributed by atoms with van der Waals surface area (Å²) in [4.78, 5) is 23.6. The molecule has 150 valence electrons. The van der Waals surface area contributed by atoms with Crippen molar-refractivity contribution in [2.45, 2.75) is 63.4 Å². The Hall–Kier alpha value is -1.42. The third-order valence-corrected chi connectivity index (χ3v) is 4.40. The van der Waals surface area contributed by atoms with Crippen LogP contribution in [0.3, 0.4) is 0 Å². The minimum atomic E-state index is -0.887. The second-order valence-electron chi connectivity index (χ2n) is 6.25. The molecule has 0 bridgehead atoms. The molecule has 0 aromatic rings. The largest absolute Gasteiger partial charge is 0.467 e. The van der Waals surface area contributed by atoms with Crippen LogP contribution < -0.4 is 5.32 Å².